The number of hydrogen-bond donors (Lipinski definition) is 1. The minimum absolute atomic E-state index is 0.460. The lowest BCUT2D eigenvalue weighted by Gasteiger charge is -2.28. The Morgan fingerprint density at radius 3 is 2.71 bits per heavy atom. The van der Waals surface area contributed by atoms with Crippen molar-refractivity contribution in [3.05, 3.63) is 24.3 Å². The Labute approximate surface area is 128 Å². The minimum Gasteiger partial charge on any atom is -0.495 e. The van der Waals surface area contributed by atoms with Crippen LogP contribution in [0.5, 0.6) is 5.75 Å². The first-order valence-corrected chi connectivity index (χ1v) is 7.92. The smallest absolute Gasteiger partial charge is 0.141 e. The molecule has 0 saturated heterocycles. The second-order valence-corrected chi connectivity index (χ2v) is 6.45. The first-order valence-electron chi connectivity index (χ1n) is 7.92. The SMILES string of the molecule is COc1ccccc1NC1(C#N)CCCC(C(C)C)CC1. The van der Waals surface area contributed by atoms with E-state index < -0.39 is 5.54 Å². The van der Waals surface area contributed by atoms with E-state index in [0.29, 0.717) is 5.92 Å². The van der Waals surface area contributed by atoms with Crippen molar-refractivity contribution in [3.63, 3.8) is 0 Å². The van der Waals surface area contributed by atoms with Gasteiger partial charge in [-0.1, -0.05) is 32.4 Å². The van der Waals surface area contributed by atoms with Gasteiger partial charge in [0.15, 0.2) is 0 Å². The van der Waals surface area contributed by atoms with Gasteiger partial charge in [-0.2, -0.15) is 5.26 Å². The van der Waals surface area contributed by atoms with Gasteiger partial charge >= 0.3 is 0 Å². The number of anilines is 1. The molecule has 114 valence electrons. The highest BCUT2D eigenvalue weighted by molar-refractivity contribution is 5.58. The van der Waals surface area contributed by atoms with Gasteiger partial charge in [-0.25, -0.2) is 0 Å². The highest BCUT2D eigenvalue weighted by Gasteiger charge is 2.34. The Bertz CT molecular complexity index is 506. The summed E-state index contributed by atoms with van der Waals surface area (Å²) in [7, 11) is 1.67. The minimum atomic E-state index is -0.460. The lowest BCUT2D eigenvalue weighted by Crippen LogP contribution is -2.36. The quantitative estimate of drug-likeness (QED) is 0.822. The number of benzene rings is 1. The Morgan fingerprint density at radius 1 is 1.29 bits per heavy atom. The zero-order valence-corrected chi connectivity index (χ0v) is 13.4. The molecular formula is C18H26N2O. The van der Waals surface area contributed by atoms with Crippen LogP contribution in [0.15, 0.2) is 24.3 Å². The monoisotopic (exact) mass is 286 g/mol. The van der Waals surface area contributed by atoms with Gasteiger partial charge in [-0.15, -0.1) is 0 Å². The van der Waals surface area contributed by atoms with Crippen molar-refractivity contribution in [2.75, 3.05) is 12.4 Å². The maximum absolute atomic E-state index is 9.76. The van der Waals surface area contributed by atoms with Gasteiger partial charge in [0.2, 0.25) is 0 Å². The lowest BCUT2D eigenvalue weighted by molar-refractivity contribution is 0.338. The zero-order valence-electron chi connectivity index (χ0n) is 13.4. The molecule has 1 aromatic rings. The number of nitriles is 1. The van der Waals surface area contributed by atoms with Gasteiger partial charge in [-0.05, 0) is 49.7 Å². The van der Waals surface area contributed by atoms with E-state index in [9.17, 15) is 5.26 Å². The van der Waals surface area contributed by atoms with Crippen LogP contribution in [0.3, 0.4) is 0 Å². The summed E-state index contributed by atoms with van der Waals surface area (Å²) in [6.07, 6.45) is 5.27. The fourth-order valence-electron chi connectivity index (χ4n) is 3.30. The normalized spacial score (nSPS) is 26.0. The molecule has 2 atom stereocenters. The Hall–Kier alpha value is -1.69. The van der Waals surface area contributed by atoms with Crippen molar-refractivity contribution in [2.24, 2.45) is 11.8 Å². The van der Waals surface area contributed by atoms with Crippen molar-refractivity contribution in [1.29, 1.82) is 5.26 Å². The highest BCUT2D eigenvalue weighted by Crippen LogP contribution is 2.37. The largest absolute Gasteiger partial charge is 0.495 e. The van der Waals surface area contributed by atoms with Crippen LogP contribution in [-0.2, 0) is 0 Å². The third kappa shape index (κ3) is 3.69. The molecule has 21 heavy (non-hydrogen) atoms. The van der Waals surface area contributed by atoms with Crippen LogP contribution in [0, 0.1) is 23.2 Å². The fourth-order valence-corrected chi connectivity index (χ4v) is 3.30. The Kier molecular flexibility index (Phi) is 5.12. The van der Waals surface area contributed by atoms with Crippen LogP contribution < -0.4 is 10.1 Å². The molecule has 0 heterocycles. The first-order chi connectivity index (χ1) is 10.1. The van der Waals surface area contributed by atoms with E-state index >= 15 is 0 Å². The van der Waals surface area contributed by atoms with Crippen LogP contribution in [0.4, 0.5) is 5.69 Å². The average molecular weight is 286 g/mol. The predicted molar refractivity (Wildman–Crippen MR) is 86.4 cm³/mol. The van der Waals surface area contributed by atoms with Crippen molar-refractivity contribution >= 4 is 5.69 Å². The molecule has 1 aromatic carbocycles. The van der Waals surface area contributed by atoms with Crippen LogP contribution in [-0.4, -0.2) is 12.6 Å². The molecule has 1 fully saturated rings. The molecule has 0 aromatic heterocycles. The number of para-hydroxylation sites is 2. The Morgan fingerprint density at radius 2 is 2.05 bits per heavy atom. The summed E-state index contributed by atoms with van der Waals surface area (Å²) < 4.78 is 5.40. The molecule has 1 aliphatic rings. The summed E-state index contributed by atoms with van der Waals surface area (Å²) >= 11 is 0. The number of hydrogen-bond acceptors (Lipinski definition) is 3. The summed E-state index contributed by atoms with van der Waals surface area (Å²) in [5.41, 5.74) is 0.461. The zero-order chi connectivity index (χ0) is 15.3. The molecule has 1 aliphatic carbocycles. The van der Waals surface area contributed by atoms with E-state index in [4.69, 9.17) is 4.74 Å². The second-order valence-electron chi connectivity index (χ2n) is 6.45. The van der Waals surface area contributed by atoms with Gasteiger partial charge in [0, 0.05) is 0 Å². The average Bonchev–Trinajstić information content (AvgIpc) is 2.71. The standard InChI is InChI=1S/C18H26N2O/c1-14(2)15-7-6-11-18(13-19,12-10-15)20-16-8-4-5-9-17(16)21-3/h4-5,8-9,14-15,20H,6-7,10-12H2,1-3H3. The maximum Gasteiger partial charge on any atom is 0.141 e. The summed E-state index contributed by atoms with van der Waals surface area (Å²) in [5, 5.41) is 13.2. The molecule has 3 heteroatoms. The molecule has 0 radical (unpaired) electrons. The lowest BCUT2D eigenvalue weighted by atomic mass is 9.87. The van der Waals surface area contributed by atoms with Crippen LogP contribution >= 0.6 is 0 Å². The van der Waals surface area contributed by atoms with E-state index in [0.717, 1.165) is 43.0 Å². The fraction of sp³-hybridized carbons (Fsp3) is 0.611. The van der Waals surface area contributed by atoms with E-state index in [1.165, 1.54) is 6.42 Å². The predicted octanol–water partition coefficient (Wildman–Crippen LogP) is 4.61. The molecule has 2 unspecified atom stereocenters. The van der Waals surface area contributed by atoms with Crippen molar-refractivity contribution < 1.29 is 4.74 Å². The molecule has 1 N–H and O–H groups in total. The summed E-state index contributed by atoms with van der Waals surface area (Å²) in [6.45, 7) is 4.58. The molecule has 0 bridgehead atoms. The molecule has 3 nitrogen and oxygen atoms in total. The first kappa shape index (κ1) is 15.7. The second kappa shape index (κ2) is 6.85. The van der Waals surface area contributed by atoms with E-state index in [2.05, 4.69) is 25.2 Å². The maximum atomic E-state index is 9.76. The third-order valence-corrected chi connectivity index (χ3v) is 4.76. The van der Waals surface area contributed by atoms with E-state index in [1.807, 2.05) is 24.3 Å². The number of ether oxygens (including phenoxy) is 1. The molecule has 0 amide bonds. The number of methoxy groups -OCH3 is 1. The van der Waals surface area contributed by atoms with Crippen LogP contribution in [0.2, 0.25) is 0 Å². The summed E-state index contributed by atoms with van der Waals surface area (Å²) in [5.74, 6) is 2.24. The Balaban J connectivity index is 2.17. The van der Waals surface area contributed by atoms with Crippen molar-refractivity contribution in [3.8, 4) is 11.8 Å². The number of nitrogens with one attached hydrogen (secondary N) is 1. The summed E-state index contributed by atoms with van der Waals surface area (Å²) in [6, 6.07) is 10.4. The van der Waals surface area contributed by atoms with Crippen LogP contribution in [0.1, 0.15) is 46.0 Å². The third-order valence-electron chi connectivity index (χ3n) is 4.76. The van der Waals surface area contributed by atoms with E-state index in [1.54, 1.807) is 7.11 Å². The molecule has 0 aliphatic heterocycles. The molecular weight excluding hydrogens is 260 g/mol. The van der Waals surface area contributed by atoms with Gasteiger partial charge in [0.1, 0.15) is 11.3 Å². The molecule has 1 saturated carbocycles. The topological polar surface area (TPSA) is 45.0 Å². The van der Waals surface area contributed by atoms with E-state index in [-0.39, 0.29) is 0 Å². The van der Waals surface area contributed by atoms with Gasteiger partial charge in [-0.3, -0.25) is 0 Å². The van der Waals surface area contributed by atoms with Gasteiger partial charge < -0.3 is 10.1 Å². The molecule has 2 rings (SSSR count). The highest BCUT2D eigenvalue weighted by atomic mass is 16.5. The van der Waals surface area contributed by atoms with Crippen molar-refractivity contribution in [1.82, 2.24) is 0 Å². The summed E-state index contributed by atoms with van der Waals surface area (Å²) in [4.78, 5) is 0. The van der Waals surface area contributed by atoms with Crippen LogP contribution in [0.25, 0.3) is 0 Å². The van der Waals surface area contributed by atoms with Crippen molar-refractivity contribution in [2.45, 2.75) is 51.5 Å². The number of rotatable bonds is 4. The number of nitrogens with zero attached hydrogens (tertiary/aromatic N) is 1. The van der Waals surface area contributed by atoms with Gasteiger partial charge in [0.25, 0.3) is 0 Å². The molecule has 0 spiro atoms. The van der Waals surface area contributed by atoms with Gasteiger partial charge in [0.05, 0.1) is 18.9 Å².